The van der Waals surface area contributed by atoms with Gasteiger partial charge in [-0.15, -0.1) is 0 Å². The van der Waals surface area contributed by atoms with Gasteiger partial charge in [0.1, 0.15) is 18.1 Å². The molecule has 0 saturated carbocycles. The number of carbonyl (C=O) groups excluding carboxylic acids is 1. The van der Waals surface area contributed by atoms with E-state index in [-0.39, 0.29) is 17.7 Å². The van der Waals surface area contributed by atoms with Crippen LogP contribution in [0.5, 0.6) is 11.5 Å². The van der Waals surface area contributed by atoms with Gasteiger partial charge in [-0.1, -0.05) is 11.6 Å². The quantitative estimate of drug-likeness (QED) is 0.495. The van der Waals surface area contributed by atoms with E-state index in [1.165, 1.54) is 13.8 Å². The lowest BCUT2D eigenvalue weighted by Gasteiger charge is -2.27. The highest BCUT2D eigenvalue weighted by atomic mass is 35.5. The Balaban J connectivity index is 2.20. The first kappa shape index (κ1) is 17.4. The van der Waals surface area contributed by atoms with Crippen molar-refractivity contribution in [3.05, 3.63) is 22.7 Å². The molecule has 1 aromatic rings. The van der Waals surface area contributed by atoms with Gasteiger partial charge in [-0.05, 0) is 32.4 Å². The van der Waals surface area contributed by atoms with Gasteiger partial charge in [0, 0.05) is 11.1 Å². The van der Waals surface area contributed by atoms with Crippen LogP contribution in [-0.4, -0.2) is 40.0 Å². The molecule has 1 amide bonds. The Morgan fingerprint density at radius 1 is 1.39 bits per heavy atom. The van der Waals surface area contributed by atoms with Gasteiger partial charge in [0.25, 0.3) is 5.91 Å². The molecule has 1 heterocycles. The third kappa shape index (κ3) is 3.51. The minimum absolute atomic E-state index is 0.100. The van der Waals surface area contributed by atoms with Gasteiger partial charge in [-0.2, -0.15) is 0 Å². The molecule has 1 atom stereocenters. The van der Waals surface area contributed by atoms with Crippen molar-refractivity contribution in [2.45, 2.75) is 33.4 Å². The van der Waals surface area contributed by atoms with E-state index in [2.05, 4.69) is 0 Å². The molecule has 1 unspecified atom stereocenters. The lowest BCUT2D eigenvalue weighted by Crippen LogP contribution is -2.43. The van der Waals surface area contributed by atoms with Gasteiger partial charge in [-0.25, -0.2) is 5.06 Å². The fraction of sp³-hybridized carbons (Fsp3) is 0.467. The molecule has 0 radical (unpaired) electrons. The normalized spacial score (nSPS) is 16.8. The standard InChI is InChI=1S/C15H18ClNO6/c1-8-7-22-11-4-9(10(16)5-12(11)23-8)6-17(21)13(18)15(2,3)14(19)20/h4-5,8,21H,6-7H2,1-3H3,(H,19,20). The van der Waals surface area contributed by atoms with E-state index in [9.17, 15) is 14.8 Å². The number of fused-ring (bicyclic) bond motifs is 1. The van der Waals surface area contributed by atoms with Gasteiger partial charge in [0.15, 0.2) is 11.5 Å². The fourth-order valence-corrected chi connectivity index (χ4v) is 2.22. The monoisotopic (exact) mass is 343 g/mol. The summed E-state index contributed by atoms with van der Waals surface area (Å²) < 4.78 is 11.1. The Bertz CT molecular complexity index is 645. The van der Waals surface area contributed by atoms with Crippen molar-refractivity contribution in [3.63, 3.8) is 0 Å². The Labute approximate surface area is 138 Å². The minimum atomic E-state index is -1.75. The van der Waals surface area contributed by atoms with E-state index in [0.29, 0.717) is 28.7 Å². The molecule has 0 fully saturated rings. The summed E-state index contributed by atoms with van der Waals surface area (Å²) in [5.74, 6) is -1.33. The summed E-state index contributed by atoms with van der Waals surface area (Å²) in [5, 5.41) is 19.6. The first-order valence-corrected chi connectivity index (χ1v) is 7.37. The number of benzene rings is 1. The number of hydrogen-bond donors (Lipinski definition) is 2. The predicted octanol–water partition coefficient (Wildman–Crippen LogP) is 2.33. The molecule has 0 bridgehead atoms. The number of carbonyl (C=O) groups is 2. The van der Waals surface area contributed by atoms with Crippen LogP contribution in [0.2, 0.25) is 5.02 Å². The van der Waals surface area contributed by atoms with Crippen LogP contribution in [-0.2, 0) is 16.1 Å². The van der Waals surface area contributed by atoms with E-state index in [1.807, 2.05) is 6.92 Å². The van der Waals surface area contributed by atoms with Crippen molar-refractivity contribution in [1.82, 2.24) is 5.06 Å². The Kier molecular flexibility index (Phi) is 4.72. The van der Waals surface area contributed by atoms with Crippen LogP contribution in [0.25, 0.3) is 0 Å². The van der Waals surface area contributed by atoms with Gasteiger partial charge in [0.2, 0.25) is 0 Å². The first-order chi connectivity index (χ1) is 10.6. The molecule has 2 N–H and O–H groups in total. The van der Waals surface area contributed by atoms with Crippen molar-refractivity contribution in [2.24, 2.45) is 5.41 Å². The average molecular weight is 344 g/mol. The van der Waals surface area contributed by atoms with Crippen molar-refractivity contribution in [2.75, 3.05) is 6.61 Å². The number of halogens is 1. The molecule has 0 aromatic heterocycles. The maximum absolute atomic E-state index is 12.0. The molecule has 0 aliphatic carbocycles. The molecular weight excluding hydrogens is 326 g/mol. The third-order valence-electron chi connectivity index (χ3n) is 3.54. The topological polar surface area (TPSA) is 96.3 Å². The minimum Gasteiger partial charge on any atom is -0.486 e. The summed E-state index contributed by atoms with van der Waals surface area (Å²) in [6, 6.07) is 3.11. The molecule has 23 heavy (non-hydrogen) atoms. The number of hydroxylamine groups is 2. The summed E-state index contributed by atoms with van der Waals surface area (Å²) in [4.78, 5) is 23.1. The first-order valence-electron chi connectivity index (χ1n) is 6.99. The van der Waals surface area contributed by atoms with Crippen molar-refractivity contribution < 1.29 is 29.4 Å². The Morgan fingerprint density at radius 2 is 2.04 bits per heavy atom. The molecule has 1 aliphatic rings. The fourth-order valence-electron chi connectivity index (χ4n) is 2.01. The number of rotatable bonds is 4. The number of ether oxygens (including phenoxy) is 2. The number of carboxylic acid groups (broad SMARTS) is 1. The molecule has 1 aromatic carbocycles. The second kappa shape index (κ2) is 6.25. The van der Waals surface area contributed by atoms with Crippen LogP contribution in [0.1, 0.15) is 26.3 Å². The smallest absolute Gasteiger partial charge is 0.318 e. The molecule has 0 spiro atoms. The van der Waals surface area contributed by atoms with E-state index >= 15 is 0 Å². The number of amides is 1. The molecule has 1 aliphatic heterocycles. The highest BCUT2D eigenvalue weighted by molar-refractivity contribution is 6.31. The third-order valence-corrected chi connectivity index (χ3v) is 3.89. The Hall–Kier alpha value is -1.99. The number of carboxylic acids is 1. The van der Waals surface area contributed by atoms with Crippen LogP contribution in [0.15, 0.2) is 12.1 Å². The number of nitrogens with zero attached hydrogens (tertiary/aromatic N) is 1. The molecule has 7 nitrogen and oxygen atoms in total. The van der Waals surface area contributed by atoms with Gasteiger partial charge in [0.05, 0.1) is 6.54 Å². The lowest BCUT2D eigenvalue weighted by atomic mass is 9.92. The van der Waals surface area contributed by atoms with Gasteiger partial charge < -0.3 is 14.6 Å². The van der Waals surface area contributed by atoms with E-state index in [4.69, 9.17) is 26.2 Å². The van der Waals surface area contributed by atoms with Crippen LogP contribution < -0.4 is 9.47 Å². The van der Waals surface area contributed by atoms with Crippen molar-refractivity contribution in [3.8, 4) is 11.5 Å². The second-order valence-electron chi connectivity index (χ2n) is 5.92. The van der Waals surface area contributed by atoms with E-state index in [0.717, 1.165) is 0 Å². The maximum Gasteiger partial charge on any atom is 0.318 e. The molecule has 8 heteroatoms. The number of hydrogen-bond acceptors (Lipinski definition) is 5. The maximum atomic E-state index is 12.0. The van der Waals surface area contributed by atoms with Gasteiger partial charge in [-0.3, -0.25) is 14.8 Å². The van der Waals surface area contributed by atoms with Gasteiger partial charge >= 0.3 is 5.97 Å². The summed E-state index contributed by atoms with van der Waals surface area (Å²) in [7, 11) is 0. The zero-order valence-corrected chi connectivity index (χ0v) is 13.8. The molecule has 2 rings (SSSR count). The molecular formula is C15H18ClNO6. The highest BCUT2D eigenvalue weighted by Gasteiger charge is 2.39. The molecule has 0 saturated heterocycles. The highest BCUT2D eigenvalue weighted by Crippen LogP contribution is 2.37. The molecule has 126 valence electrons. The lowest BCUT2D eigenvalue weighted by molar-refractivity contribution is -0.183. The Morgan fingerprint density at radius 3 is 2.65 bits per heavy atom. The van der Waals surface area contributed by atoms with Crippen molar-refractivity contribution >= 4 is 23.5 Å². The summed E-state index contributed by atoms with van der Waals surface area (Å²) in [5.41, 5.74) is -1.33. The zero-order chi connectivity index (χ0) is 17.4. The van der Waals surface area contributed by atoms with E-state index < -0.39 is 17.3 Å². The van der Waals surface area contributed by atoms with E-state index in [1.54, 1.807) is 12.1 Å². The predicted molar refractivity (Wildman–Crippen MR) is 80.8 cm³/mol. The van der Waals surface area contributed by atoms with Crippen LogP contribution in [0, 0.1) is 5.41 Å². The zero-order valence-electron chi connectivity index (χ0n) is 13.0. The summed E-state index contributed by atoms with van der Waals surface area (Å²) in [6.07, 6.45) is -0.100. The second-order valence-corrected chi connectivity index (χ2v) is 6.33. The van der Waals surface area contributed by atoms with Crippen LogP contribution in [0.3, 0.4) is 0 Å². The van der Waals surface area contributed by atoms with Crippen LogP contribution in [0.4, 0.5) is 0 Å². The summed E-state index contributed by atoms with van der Waals surface area (Å²) in [6.45, 7) is 4.40. The van der Waals surface area contributed by atoms with Crippen LogP contribution >= 0.6 is 11.6 Å². The average Bonchev–Trinajstić information content (AvgIpc) is 2.47. The SMILES string of the molecule is CC1COc2cc(CN(O)C(=O)C(C)(C)C(=O)O)c(Cl)cc2O1. The summed E-state index contributed by atoms with van der Waals surface area (Å²) >= 11 is 6.13. The number of aliphatic carboxylic acids is 1. The largest absolute Gasteiger partial charge is 0.486 e. The van der Waals surface area contributed by atoms with Crippen molar-refractivity contribution in [1.29, 1.82) is 0 Å².